The molecule has 2 saturated heterocycles. The van der Waals surface area contributed by atoms with Crippen LogP contribution in [0.5, 0.6) is 0 Å². The summed E-state index contributed by atoms with van der Waals surface area (Å²) in [5, 5.41) is 9.99. The molecule has 0 aromatic heterocycles. The van der Waals surface area contributed by atoms with Crippen molar-refractivity contribution >= 4 is 6.03 Å². The molecule has 3 atom stereocenters. The molecule has 122 valence electrons. The Balaban J connectivity index is 1.97. The summed E-state index contributed by atoms with van der Waals surface area (Å²) in [4.78, 5) is 16.7. The van der Waals surface area contributed by atoms with E-state index >= 15 is 0 Å². The van der Waals surface area contributed by atoms with Crippen LogP contribution in [0.3, 0.4) is 0 Å². The van der Waals surface area contributed by atoms with Crippen LogP contribution in [-0.2, 0) is 4.74 Å². The standard InChI is InChI=1S/C17H26N2O3/c1-3-17(12-20)10-6-5-9-14(17)19-15(22-4-2)13-8-7-11-18(13)16(19)21/h6,9-10,13,15,20H,3-5,7-8,11-12H2,1-2H3/t13-,15-,17+/m0/s1. The maximum absolute atomic E-state index is 12.9. The zero-order chi connectivity index (χ0) is 15.7. The summed E-state index contributed by atoms with van der Waals surface area (Å²) in [5.41, 5.74) is 0.445. The summed E-state index contributed by atoms with van der Waals surface area (Å²) in [6.07, 6.45) is 9.58. The van der Waals surface area contributed by atoms with E-state index in [0.29, 0.717) is 6.61 Å². The molecular weight excluding hydrogens is 280 g/mol. The lowest BCUT2D eigenvalue weighted by Crippen LogP contribution is -2.45. The van der Waals surface area contributed by atoms with Crippen LogP contribution in [0.2, 0.25) is 0 Å². The Bertz CT molecular complexity index is 496. The molecule has 0 aromatic carbocycles. The molecule has 2 fully saturated rings. The van der Waals surface area contributed by atoms with Crippen molar-refractivity contribution in [2.24, 2.45) is 5.41 Å². The van der Waals surface area contributed by atoms with Gasteiger partial charge in [-0.25, -0.2) is 4.79 Å². The van der Waals surface area contributed by atoms with Crippen molar-refractivity contribution in [1.29, 1.82) is 0 Å². The van der Waals surface area contributed by atoms with Gasteiger partial charge in [0.2, 0.25) is 0 Å². The van der Waals surface area contributed by atoms with E-state index in [4.69, 9.17) is 4.74 Å². The second kappa shape index (κ2) is 6.05. The number of allylic oxidation sites excluding steroid dienone is 2. The Labute approximate surface area is 132 Å². The monoisotopic (exact) mass is 306 g/mol. The molecule has 0 unspecified atom stereocenters. The topological polar surface area (TPSA) is 53.0 Å². The number of nitrogens with zero attached hydrogens (tertiary/aromatic N) is 2. The van der Waals surface area contributed by atoms with Gasteiger partial charge >= 0.3 is 6.03 Å². The van der Waals surface area contributed by atoms with Crippen LogP contribution in [-0.4, -0.2) is 53.0 Å². The minimum atomic E-state index is -0.469. The van der Waals surface area contributed by atoms with Gasteiger partial charge in [-0.3, -0.25) is 4.90 Å². The highest BCUT2D eigenvalue weighted by atomic mass is 16.5. The van der Waals surface area contributed by atoms with Crippen LogP contribution in [0.1, 0.15) is 39.5 Å². The number of aliphatic hydroxyl groups is 1. The average molecular weight is 306 g/mol. The molecule has 0 saturated carbocycles. The number of amides is 2. The summed E-state index contributed by atoms with van der Waals surface area (Å²) in [6, 6.07) is 0.182. The Kier molecular flexibility index (Phi) is 4.28. The lowest BCUT2D eigenvalue weighted by molar-refractivity contribution is -0.0277. The zero-order valence-corrected chi connectivity index (χ0v) is 13.5. The van der Waals surface area contributed by atoms with Crippen molar-refractivity contribution < 1.29 is 14.6 Å². The molecule has 1 aliphatic carbocycles. The molecule has 5 nitrogen and oxygen atoms in total. The van der Waals surface area contributed by atoms with E-state index in [9.17, 15) is 9.90 Å². The molecule has 0 radical (unpaired) electrons. The third kappa shape index (κ3) is 2.18. The molecule has 5 heteroatoms. The molecule has 2 heterocycles. The number of carbonyl (C=O) groups excluding carboxylic acids is 1. The fraction of sp³-hybridized carbons (Fsp3) is 0.706. The van der Waals surface area contributed by atoms with Crippen molar-refractivity contribution in [3.63, 3.8) is 0 Å². The Morgan fingerprint density at radius 2 is 2.27 bits per heavy atom. The van der Waals surface area contributed by atoms with Crippen molar-refractivity contribution in [2.75, 3.05) is 19.8 Å². The number of aliphatic hydroxyl groups excluding tert-OH is 1. The molecule has 3 rings (SSSR count). The largest absolute Gasteiger partial charge is 0.395 e. The van der Waals surface area contributed by atoms with Crippen LogP contribution in [0, 0.1) is 5.41 Å². The minimum absolute atomic E-state index is 0.0130. The van der Waals surface area contributed by atoms with Crippen LogP contribution in [0.25, 0.3) is 0 Å². The lowest BCUT2D eigenvalue weighted by Gasteiger charge is -2.39. The molecule has 1 N–H and O–H groups in total. The van der Waals surface area contributed by atoms with Crippen LogP contribution >= 0.6 is 0 Å². The number of hydrogen-bond donors (Lipinski definition) is 1. The predicted octanol–water partition coefficient (Wildman–Crippen LogP) is 2.48. The first-order valence-electron chi connectivity index (χ1n) is 8.39. The average Bonchev–Trinajstić information content (AvgIpc) is 3.12. The zero-order valence-electron chi connectivity index (χ0n) is 13.5. The molecule has 2 amide bonds. The second-order valence-corrected chi connectivity index (χ2v) is 6.30. The molecule has 0 bridgehead atoms. The third-order valence-electron chi connectivity index (χ3n) is 5.24. The number of hydrogen-bond acceptors (Lipinski definition) is 3. The quantitative estimate of drug-likeness (QED) is 0.794. The number of urea groups is 1. The van der Waals surface area contributed by atoms with E-state index in [1.165, 1.54) is 0 Å². The van der Waals surface area contributed by atoms with Crippen LogP contribution in [0.4, 0.5) is 4.79 Å². The summed E-state index contributed by atoms with van der Waals surface area (Å²) in [6.45, 7) is 5.43. The SMILES string of the molecule is CCO[C@H]1[C@@H]2CCCN2C(=O)N1C1=CCC=C[C@]1(CC)CO. The van der Waals surface area contributed by atoms with Crippen LogP contribution in [0.15, 0.2) is 23.9 Å². The summed E-state index contributed by atoms with van der Waals surface area (Å²) < 4.78 is 5.95. The molecule has 2 aliphatic heterocycles. The van der Waals surface area contributed by atoms with Gasteiger partial charge in [0.25, 0.3) is 0 Å². The van der Waals surface area contributed by atoms with Gasteiger partial charge in [-0.15, -0.1) is 0 Å². The highest BCUT2D eigenvalue weighted by molar-refractivity contribution is 5.80. The van der Waals surface area contributed by atoms with Gasteiger partial charge in [-0.2, -0.15) is 0 Å². The molecule has 22 heavy (non-hydrogen) atoms. The van der Waals surface area contributed by atoms with E-state index in [1.54, 1.807) is 0 Å². The van der Waals surface area contributed by atoms with E-state index < -0.39 is 5.41 Å². The summed E-state index contributed by atoms with van der Waals surface area (Å²) >= 11 is 0. The highest BCUT2D eigenvalue weighted by Gasteiger charge is 2.52. The maximum Gasteiger partial charge on any atom is 0.326 e. The van der Waals surface area contributed by atoms with Gasteiger partial charge in [-0.1, -0.05) is 25.2 Å². The van der Waals surface area contributed by atoms with Gasteiger partial charge < -0.3 is 14.7 Å². The first kappa shape index (κ1) is 15.6. The number of ether oxygens (including phenoxy) is 1. The van der Waals surface area contributed by atoms with Gasteiger partial charge in [0.1, 0.15) is 0 Å². The molecule has 0 spiro atoms. The normalized spacial score (nSPS) is 34.3. The Morgan fingerprint density at radius 3 is 2.95 bits per heavy atom. The van der Waals surface area contributed by atoms with Gasteiger partial charge in [0.05, 0.1) is 18.1 Å². The van der Waals surface area contributed by atoms with Gasteiger partial charge in [-0.05, 0) is 32.6 Å². The van der Waals surface area contributed by atoms with E-state index in [-0.39, 0.29) is 24.9 Å². The van der Waals surface area contributed by atoms with Crippen molar-refractivity contribution in [3.05, 3.63) is 23.9 Å². The maximum atomic E-state index is 12.9. The molecule has 0 aromatic rings. The number of carbonyl (C=O) groups is 1. The van der Waals surface area contributed by atoms with Gasteiger partial charge in [0.15, 0.2) is 6.23 Å². The highest BCUT2D eigenvalue weighted by Crippen LogP contribution is 2.44. The number of rotatable bonds is 5. The summed E-state index contributed by atoms with van der Waals surface area (Å²) in [7, 11) is 0. The predicted molar refractivity (Wildman–Crippen MR) is 84.0 cm³/mol. The third-order valence-corrected chi connectivity index (χ3v) is 5.24. The van der Waals surface area contributed by atoms with Crippen molar-refractivity contribution in [2.45, 2.75) is 51.8 Å². The fourth-order valence-electron chi connectivity index (χ4n) is 3.99. The fourth-order valence-corrected chi connectivity index (χ4v) is 3.99. The second-order valence-electron chi connectivity index (χ2n) is 6.30. The first-order chi connectivity index (χ1) is 10.7. The number of fused-ring (bicyclic) bond motifs is 1. The van der Waals surface area contributed by atoms with E-state index in [2.05, 4.69) is 25.2 Å². The van der Waals surface area contributed by atoms with Crippen LogP contribution < -0.4 is 0 Å². The Hall–Kier alpha value is -1.33. The summed E-state index contributed by atoms with van der Waals surface area (Å²) in [5.74, 6) is 0. The molecule has 3 aliphatic rings. The Morgan fingerprint density at radius 1 is 1.45 bits per heavy atom. The van der Waals surface area contributed by atoms with Crippen molar-refractivity contribution in [1.82, 2.24) is 9.80 Å². The van der Waals surface area contributed by atoms with Crippen molar-refractivity contribution in [3.8, 4) is 0 Å². The molecular formula is C17H26N2O3. The lowest BCUT2D eigenvalue weighted by atomic mass is 9.78. The van der Waals surface area contributed by atoms with E-state index in [1.807, 2.05) is 16.7 Å². The van der Waals surface area contributed by atoms with Gasteiger partial charge in [0, 0.05) is 18.8 Å². The smallest absolute Gasteiger partial charge is 0.326 e. The van der Waals surface area contributed by atoms with E-state index in [0.717, 1.165) is 37.9 Å². The first-order valence-corrected chi connectivity index (χ1v) is 8.39. The minimum Gasteiger partial charge on any atom is -0.395 e.